The van der Waals surface area contributed by atoms with Gasteiger partial charge < -0.3 is 15.2 Å². The third-order valence-electron chi connectivity index (χ3n) is 3.45. The molecule has 0 aromatic carbocycles. The monoisotopic (exact) mass is 313 g/mol. The smallest absolute Gasteiger partial charge is 0.310 e. The Morgan fingerprint density at radius 3 is 2.90 bits per heavy atom. The van der Waals surface area contributed by atoms with Gasteiger partial charge in [0.2, 0.25) is 5.91 Å². The van der Waals surface area contributed by atoms with Crippen molar-refractivity contribution in [1.82, 2.24) is 9.88 Å². The van der Waals surface area contributed by atoms with Crippen molar-refractivity contribution < 1.29 is 19.4 Å². The maximum absolute atomic E-state index is 12.0. The van der Waals surface area contributed by atoms with Gasteiger partial charge >= 0.3 is 5.97 Å². The normalized spacial score (nSPS) is 21.7. The molecule has 2 atom stereocenters. The van der Waals surface area contributed by atoms with Crippen LogP contribution in [-0.2, 0) is 14.3 Å². The number of nitrogens with one attached hydrogen (secondary N) is 1. The second kappa shape index (κ2) is 6.97. The zero-order chi connectivity index (χ0) is 15.4. The number of hydrogen-bond acceptors (Lipinski definition) is 6. The van der Waals surface area contributed by atoms with E-state index in [2.05, 4.69) is 10.3 Å². The van der Waals surface area contributed by atoms with Crippen molar-refractivity contribution in [2.75, 3.05) is 31.6 Å². The molecule has 7 nitrogen and oxygen atoms in total. The number of thiazole rings is 1. The van der Waals surface area contributed by atoms with Crippen molar-refractivity contribution in [3.63, 3.8) is 0 Å². The minimum Gasteiger partial charge on any atom is -0.481 e. The number of carboxylic acids is 1. The number of anilines is 1. The van der Waals surface area contributed by atoms with Crippen LogP contribution < -0.4 is 5.32 Å². The highest BCUT2D eigenvalue weighted by molar-refractivity contribution is 7.13. The summed E-state index contributed by atoms with van der Waals surface area (Å²) in [6.07, 6.45) is 0. The van der Waals surface area contributed by atoms with Gasteiger partial charge in [0.1, 0.15) is 0 Å². The quantitative estimate of drug-likeness (QED) is 0.807. The molecule has 0 spiro atoms. The number of carbonyl (C=O) groups excluding carboxylic acids is 1. The molecule has 1 aromatic rings. The largest absolute Gasteiger partial charge is 0.481 e. The Labute approximate surface area is 126 Å². The number of likely N-dealkylation sites (N-methyl/N-ethyl adjacent to an activating group) is 1. The number of carbonyl (C=O) groups is 2. The lowest BCUT2D eigenvalue weighted by atomic mass is 10.0. The van der Waals surface area contributed by atoms with Gasteiger partial charge in [-0.05, 0) is 13.5 Å². The van der Waals surface area contributed by atoms with Gasteiger partial charge in [0.25, 0.3) is 0 Å². The molecule has 1 saturated heterocycles. The number of aliphatic carboxylic acids is 1. The third-order valence-corrected chi connectivity index (χ3v) is 4.33. The van der Waals surface area contributed by atoms with Crippen LogP contribution in [-0.4, -0.2) is 59.2 Å². The first-order valence-electron chi connectivity index (χ1n) is 6.77. The average molecular weight is 313 g/mol. The van der Waals surface area contributed by atoms with Gasteiger partial charge in [-0.15, -0.1) is 11.3 Å². The van der Waals surface area contributed by atoms with Gasteiger partial charge in [0.05, 0.1) is 31.4 Å². The van der Waals surface area contributed by atoms with E-state index in [0.717, 1.165) is 5.69 Å². The van der Waals surface area contributed by atoms with Gasteiger partial charge in [-0.25, -0.2) is 4.98 Å². The number of carboxylic acid groups (broad SMARTS) is 1. The standard InChI is InChI=1S/C13H19N3O4S/c1-3-16(10-6-20-5-9(10)12(18)19)4-11(17)15-13-14-8(2)7-21-13/h7,9-10H,3-6H2,1-2H3,(H,18,19)(H,14,15,17). The predicted octanol–water partition coefficient (Wildman–Crippen LogP) is 0.812. The van der Waals surface area contributed by atoms with Crippen LogP contribution in [0.3, 0.4) is 0 Å². The molecule has 1 amide bonds. The molecule has 116 valence electrons. The zero-order valence-corrected chi connectivity index (χ0v) is 12.9. The fraction of sp³-hybridized carbons (Fsp3) is 0.615. The van der Waals surface area contributed by atoms with Crippen LogP contribution >= 0.6 is 11.3 Å². The van der Waals surface area contributed by atoms with E-state index in [9.17, 15) is 14.7 Å². The zero-order valence-electron chi connectivity index (χ0n) is 12.0. The summed E-state index contributed by atoms with van der Waals surface area (Å²) < 4.78 is 5.25. The Morgan fingerprint density at radius 1 is 1.57 bits per heavy atom. The highest BCUT2D eigenvalue weighted by Crippen LogP contribution is 2.20. The van der Waals surface area contributed by atoms with E-state index in [-0.39, 0.29) is 25.1 Å². The van der Waals surface area contributed by atoms with Gasteiger partial charge in [0, 0.05) is 11.4 Å². The van der Waals surface area contributed by atoms with Crippen LogP contribution in [0, 0.1) is 12.8 Å². The van der Waals surface area contributed by atoms with Crippen LogP contribution in [0.4, 0.5) is 5.13 Å². The number of nitrogens with zero attached hydrogens (tertiary/aromatic N) is 2. The molecular weight excluding hydrogens is 294 g/mol. The second-order valence-electron chi connectivity index (χ2n) is 4.95. The SMILES string of the molecule is CCN(CC(=O)Nc1nc(C)cs1)C1COCC1C(=O)O. The number of rotatable bonds is 6. The molecule has 0 aliphatic carbocycles. The number of aryl methyl sites for hydroxylation is 1. The molecule has 1 aliphatic heterocycles. The first-order valence-corrected chi connectivity index (χ1v) is 7.65. The van der Waals surface area contributed by atoms with E-state index in [1.807, 2.05) is 24.1 Å². The summed E-state index contributed by atoms with van der Waals surface area (Å²) in [4.78, 5) is 29.3. The average Bonchev–Trinajstić information content (AvgIpc) is 3.05. The molecule has 1 fully saturated rings. The minimum absolute atomic E-state index is 0.132. The lowest BCUT2D eigenvalue weighted by Crippen LogP contribution is -2.46. The lowest BCUT2D eigenvalue weighted by molar-refractivity contribution is -0.143. The molecule has 2 N–H and O–H groups in total. The molecule has 2 heterocycles. The first kappa shape index (κ1) is 15.9. The topological polar surface area (TPSA) is 91.8 Å². The van der Waals surface area contributed by atoms with Crippen LogP contribution in [0.5, 0.6) is 0 Å². The fourth-order valence-corrected chi connectivity index (χ4v) is 3.06. The van der Waals surface area contributed by atoms with Crippen molar-refractivity contribution >= 4 is 28.3 Å². The Hall–Kier alpha value is -1.51. The van der Waals surface area contributed by atoms with Gasteiger partial charge in [0.15, 0.2) is 5.13 Å². The minimum atomic E-state index is -0.882. The molecule has 0 radical (unpaired) electrons. The predicted molar refractivity (Wildman–Crippen MR) is 78.5 cm³/mol. The van der Waals surface area contributed by atoms with E-state index in [1.54, 1.807) is 0 Å². The van der Waals surface area contributed by atoms with Gasteiger partial charge in [-0.2, -0.15) is 0 Å². The Kier molecular flexibility index (Phi) is 5.27. The van der Waals surface area contributed by atoms with Crippen LogP contribution in [0.15, 0.2) is 5.38 Å². The van der Waals surface area contributed by atoms with Crippen molar-refractivity contribution in [2.45, 2.75) is 19.9 Å². The Morgan fingerprint density at radius 2 is 2.33 bits per heavy atom. The number of ether oxygens (including phenoxy) is 1. The summed E-state index contributed by atoms with van der Waals surface area (Å²) in [5.41, 5.74) is 0.859. The Balaban J connectivity index is 1.95. The van der Waals surface area contributed by atoms with Crippen molar-refractivity contribution in [1.29, 1.82) is 0 Å². The van der Waals surface area contributed by atoms with E-state index in [0.29, 0.717) is 18.3 Å². The molecule has 0 saturated carbocycles. The van der Waals surface area contributed by atoms with Crippen molar-refractivity contribution in [3.05, 3.63) is 11.1 Å². The van der Waals surface area contributed by atoms with Crippen LogP contribution in [0.2, 0.25) is 0 Å². The second-order valence-corrected chi connectivity index (χ2v) is 5.81. The van der Waals surface area contributed by atoms with Crippen LogP contribution in [0.1, 0.15) is 12.6 Å². The highest BCUT2D eigenvalue weighted by Gasteiger charge is 2.38. The van der Waals surface area contributed by atoms with E-state index in [1.165, 1.54) is 11.3 Å². The summed E-state index contributed by atoms with van der Waals surface area (Å²) in [6.45, 7) is 5.02. The molecule has 0 bridgehead atoms. The van der Waals surface area contributed by atoms with Gasteiger partial charge in [-0.1, -0.05) is 6.92 Å². The maximum atomic E-state index is 12.0. The summed E-state index contributed by atoms with van der Waals surface area (Å²) in [7, 11) is 0. The molecule has 1 aromatic heterocycles. The number of amides is 1. The van der Waals surface area contributed by atoms with E-state index >= 15 is 0 Å². The van der Waals surface area contributed by atoms with Crippen molar-refractivity contribution in [3.8, 4) is 0 Å². The summed E-state index contributed by atoms with van der Waals surface area (Å²) in [5, 5.41) is 14.3. The van der Waals surface area contributed by atoms with Crippen molar-refractivity contribution in [2.24, 2.45) is 5.92 Å². The third kappa shape index (κ3) is 3.99. The molecule has 1 aliphatic rings. The Bertz CT molecular complexity index is 519. The number of hydrogen-bond donors (Lipinski definition) is 2. The summed E-state index contributed by atoms with van der Waals surface area (Å²) >= 11 is 1.37. The molecular formula is C13H19N3O4S. The summed E-state index contributed by atoms with van der Waals surface area (Å²) in [5.74, 6) is -1.66. The number of aromatic nitrogens is 1. The van der Waals surface area contributed by atoms with E-state index in [4.69, 9.17) is 4.74 Å². The molecule has 2 rings (SSSR count). The molecule has 2 unspecified atom stereocenters. The molecule has 8 heteroatoms. The van der Waals surface area contributed by atoms with Gasteiger partial charge in [-0.3, -0.25) is 14.5 Å². The summed E-state index contributed by atoms with van der Waals surface area (Å²) in [6, 6.07) is -0.267. The van der Waals surface area contributed by atoms with E-state index < -0.39 is 11.9 Å². The maximum Gasteiger partial charge on any atom is 0.310 e. The van der Waals surface area contributed by atoms with Crippen LogP contribution in [0.25, 0.3) is 0 Å². The highest BCUT2D eigenvalue weighted by atomic mass is 32.1. The molecule has 21 heavy (non-hydrogen) atoms. The first-order chi connectivity index (χ1) is 10.0. The fourth-order valence-electron chi connectivity index (χ4n) is 2.36. The lowest BCUT2D eigenvalue weighted by Gasteiger charge is -2.28.